The molecule has 0 amide bonds. The number of fused-ring (bicyclic) bond motifs is 2. The molecule has 2 N–H and O–H groups in total. The van der Waals surface area contributed by atoms with Crippen LogP contribution in [0.3, 0.4) is 0 Å². The summed E-state index contributed by atoms with van der Waals surface area (Å²) < 4.78 is 0. The van der Waals surface area contributed by atoms with Gasteiger partial charge in [-0.2, -0.15) is 0 Å². The molecule has 30 heavy (non-hydrogen) atoms. The smallest absolute Gasteiger partial charge is 0.0730 e. The molecule has 0 bridgehead atoms. The number of benzene rings is 3. The lowest BCUT2D eigenvalue weighted by molar-refractivity contribution is 1.46. The van der Waals surface area contributed by atoms with Crippen LogP contribution in [0.1, 0.15) is 61.0 Å². The Balaban J connectivity index is 0.000000948. The molecule has 0 saturated heterocycles. The Bertz CT molecular complexity index is 1000. The highest BCUT2D eigenvalue weighted by Crippen LogP contribution is 2.27. The quantitative estimate of drug-likeness (QED) is 0.254. The SMILES string of the molecule is CC.CC.CC.CC.Cc1cccc(-c2ccc3cc4ccc(N)cc4nc3c2)c1. The van der Waals surface area contributed by atoms with Gasteiger partial charge in [0.25, 0.3) is 0 Å². The van der Waals surface area contributed by atoms with E-state index in [0.29, 0.717) is 0 Å². The van der Waals surface area contributed by atoms with Gasteiger partial charge in [0, 0.05) is 16.5 Å². The van der Waals surface area contributed by atoms with Crippen LogP contribution in [0.4, 0.5) is 5.69 Å². The summed E-state index contributed by atoms with van der Waals surface area (Å²) in [6.07, 6.45) is 0. The summed E-state index contributed by atoms with van der Waals surface area (Å²) in [4.78, 5) is 4.77. The number of pyridine rings is 1. The molecule has 2 heteroatoms. The van der Waals surface area contributed by atoms with E-state index in [-0.39, 0.29) is 0 Å². The Hall–Kier alpha value is -2.87. The second-order valence-corrected chi connectivity index (χ2v) is 5.72. The lowest BCUT2D eigenvalue weighted by Gasteiger charge is -2.07. The highest BCUT2D eigenvalue weighted by atomic mass is 14.7. The largest absolute Gasteiger partial charge is 0.399 e. The Kier molecular flexibility index (Phi) is 13.6. The van der Waals surface area contributed by atoms with Gasteiger partial charge in [-0.3, -0.25) is 0 Å². The third-order valence-electron chi connectivity index (χ3n) is 3.99. The first-order chi connectivity index (χ1) is 14.7. The van der Waals surface area contributed by atoms with Crippen LogP contribution in [-0.4, -0.2) is 4.98 Å². The fraction of sp³-hybridized carbons (Fsp3) is 0.321. The molecule has 0 radical (unpaired) electrons. The Morgan fingerprint density at radius 3 is 1.70 bits per heavy atom. The minimum absolute atomic E-state index is 0.745. The monoisotopic (exact) mass is 404 g/mol. The summed E-state index contributed by atoms with van der Waals surface area (Å²) in [6, 6.07) is 23.0. The van der Waals surface area contributed by atoms with Crippen molar-refractivity contribution in [2.24, 2.45) is 0 Å². The molecule has 0 aliphatic rings. The second kappa shape index (κ2) is 15.0. The molecule has 0 atom stereocenters. The maximum atomic E-state index is 5.87. The Morgan fingerprint density at radius 1 is 0.567 bits per heavy atom. The molecule has 2 nitrogen and oxygen atoms in total. The van der Waals surface area contributed by atoms with Crippen LogP contribution in [0.25, 0.3) is 32.9 Å². The highest BCUT2D eigenvalue weighted by molar-refractivity contribution is 5.95. The minimum Gasteiger partial charge on any atom is -0.399 e. The third kappa shape index (κ3) is 7.18. The van der Waals surface area contributed by atoms with Crippen molar-refractivity contribution < 1.29 is 0 Å². The molecule has 1 aromatic heterocycles. The van der Waals surface area contributed by atoms with Crippen LogP contribution < -0.4 is 5.73 Å². The predicted octanol–water partition coefficient (Wildman–Crippen LogP) is 9.05. The second-order valence-electron chi connectivity index (χ2n) is 5.72. The van der Waals surface area contributed by atoms with E-state index in [2.05, 4.69) is 55.5 Å². The summed E-state index contributed by atoms with van der Waals surface area (Å²) in [6.45, 7) is 18.1. The van der Waals surface area contributed by atoms with Crippen LogP contribution >= 0.6 is 0 Å². The Labute approximate surface area is 184 Å². The van der Waals surface area contributed by atoms with Crippen molar-refractivity contribution in [1.82, 2.24) is 4.98 Å². The average molecular weight is 405 g/mol. The number of nitrogens with zero attached hydrogens (tertiary/aromatic N) is 1. The van der Waals surface area contributed by atoms with E-state index in [4.69, 9.17) is 10.7 Å². The van der Waals surface area contributed by atoms with Gasteiger partial charge in [0.2, 0.25) is 0 Å². The van der Waals surface area contributed by atoms with Gasteiger partial charge in [-0.1, -0.05) is 103 Å². The number of nitrogens with two attached hydrogens (primary N) is 1. The lowest BCUT2D eigenvalue weighted by atomic mass is 10.0. The molecule has 0 unspecified atom stereocenters. The van der Waals surface area contributed by atoms with Gasteiger partial charge in [0.1, 0.15) is 0 Å². The number of anilines is 1. The van der Waals surface area contributed by atoms with E-state index in [1.165, 1.54) is 16.7 Å². The van der Waals surface area contributed by atoms with Crippen molar-refractivity contribution in [2.75, 3.05) is 5.73 Å². The molecule has 4 aromatic rings. The number of aryl methyl sites for hydroxylation is 1. The molecule has 162 valence electrons. The van der Waals surface area contributed by atoms with Gasteiger partial charge in [-0.05, 0) is 42.3 Å². The first-order valence-corrected chi connectivity index (χ1v) is 11.4. The lowest BCUT2D eigenvalue weighted by Crippen LogP contribution is -1.88. The topological polar surface area (TPSA) is 38.9 Å². The van der Waals surface area contributed by atoms with E-state index in [1.807, 2.05) is 73.6 Å². The molecule has 0 spiro atoms. The number of rotatable bonds is 1. The fourth-order valence-corrected chi connectivity index (χ4v) is 2.84. The van der Waals surface area contributed by atoms with Crippen LogP contribution in [0.15, 0.2) is 66.7 Å². The zero-order chi connectivity index (χ0) is 23.1. The van der Waals surface area contributed by atoms with Crippen LogP contribution in [0.2, 0.25) is 0 Å². The molecule has 3 aromatic carbocycles. The first kappa shape index (κ1) is 27.1. The zero-order valence-corrected chi connectivity index (χ0v) is 20.4. The number of hydrogen-bond donors (Lipinski definition) is 1. The molecular formula is C28H40N2. The van der Waals surface area contributed by atoms with E-state index in [1.54, 1.807) is 0 Å². The van der Waals surface area contributed by atoms with Crippen LogP contribution in [-0.2, 0) is 0 Å². The van der Waals surface area contributed by atoms with Crippen LogP contribution in [0.5, 0.6) is 0 Å². The molecular weight excluding hydrogens is 364 g/mol. The van der Waals surface area contributed by atoms with Gasteiger partial charge in [-0.15, -0.1) is 0 Å². The summed E-state index contributed by atoms with van der Waals surface area (Å²) in [5.41, 5.74) is 12.2. The highest BCUT2D eigenvalue weighted by Gasteiger charge is 2.04. The summed E-state index contributed by atoms with van der Waals surface area (Å²) in [7, 11) is 0. The van der Waals surface area contributed by atoms with Crippen molar-refractivity contribution in [1.29, 1.82) is 0 Å². The van der Waals surface area contributed by atoms with Gasteiger partial charge in [-0.25, -0.2) is 4.98 Å². The number of hydrogen-bond acceptors (Lipinski definition) is 2. The van der Waals surface area contributed by atoms with Crippen molar-refractivity contribution in [3.05, 3.63) is 72.3 Å². The standard InChI is InChI=1S/C20H16N2.4C2H6/c1-13-3-2-4-14(9-13)15-5-6-16-10-17-7-8-18(21)12-20(17)22-19(16)11-15;4*1-2/h2-12H,21H2,1H3;4*1-2H3. The average Bonchev–Trinajstić information content (AvgIpc) is 2.82. The van der Waals surface area contributed by atoms with Crippen molar-refractivity contribution in [3.63, 3.8) is 0 Å². The summed E-state index contributed by atoms with van der Waals surface area (Å²) >= 11 is 0. The molecule has 0 aliphatic heterocycles. The molecule has 0 aliphatic carbocycles. The maximum absolute atomic E-state index is 5.87. The number of aromatic nitrogens is 1. The van der Waals surface area contributed by atoms with E-state index in [0.717, 1.165) is 27.5 Å². The molecule has 0 fully saturated rings. The van der Waals surface area contributed by atoms with Gasteiger partial charge in [0.05, 0.1) is 11.0 Å². The first-order valence-electron chi connectivity index (χ1n) is 11.4. The van der Waals surface area contributed by atoms with Crippen molar-refractivity contribution in [2.45, 2.75) is 62.3 Å². The minimum atomic E-state index is 0.745. The maximum Gasteiger partial charge on any atom is 0.0730 e. The Morgan fingerprint density at radius 2 is 1.10 bits per heavy atom. The van der Waals surface area contributed by atoms with Crippen molar-refractivity contribution in [3.8, 4) is 11.1 Å². The molecule has 0 saturated carbocycles. The van der Waals surface area contributed by atoms with Gasteiger partial charge < -0.3 is 5.73 Å². The van der Waals surface area contributed by atoms with E-state index >= 15 is 0 Å². The number of nitrogen functional groups attached to an aromatic ring is 1. The summed E-state index contributed by atoms with van der Waals surface area (Å²) in [5, 5.41) is 2.26. The summed E-state index contributed by atoms with van der Waals surface area (Å²) in [5.74, 6) is 0. The van der Waals surface area contributed by atoms with Gasteiger partial charge in [0.15, 0.2) is 0 Å². The van der Waals surface area contributed by atoms with E-state index < -0.39 is 0 Å². The van der Waals surface area contributed by atoms with E-state index in [9.17, 15) is 0 Å². The van der Waals surface area contributed by atoms with Crippen LogP contribution in [0, 0.1) is 6.92 Å². The fourth-order valence-electron chi connectivity index (χ4n) is 2.84. The third-order valence-corrected chi connectivity index (χ3v) is 3.99. The normalized spacial score (nSPS) is 8.97. The molecule has 1 heterocycles. The van der Waals surface area contributed by atoms with Crippen molar-refractivity contribution >= 4 is 27.5 Å². The molecule has 4 rings (SSSR count). The predicted molar refractivity (Wildman–Crippen MR) is 139 cm³/mol. The zero-order valence-electron chi connectivity index (χ0n) is 20.4. The van der Waals surface area contributed by atoms with Gasteiger partial charge >= 0.3 is 0 Å².